The molecule has 1 aromatic carbocycles. The molecule has 7 heteroatoms. The number of hydrogen-bond donors (Lipinski definition) is 2. The molecule has 0 spiro atoms. The number of carbonyl (C=O) groups is 2. The van der Waals surface area contributed by atoms with Crippen molar-refractivity contribution >= 4 is 45.2 Å². The molecule has 1 aromatic heterocycles. The Balaban J connectivity index is 2.21. The lowest BCUT2D eigenvalue weighted by molar-refractivity contribution is 0.0696. The molecule has 0 aliphatic carbocycles. The number of carboxylic acids is 1. The van der Waals surface area contributed by atoms with Gasteiger partial charge in [-0.15, -0.1) is 0 Å². The number of amides is 1. The number of pyridine rings is 1. The molecule has 0 atom stereocenters. The van der Waals surface area contributed by atoms with Gasteiger partial charge in [0, 0.05) is 16.2 Å². The Morgan fingerprint density at radius 3 is 2.60 bits per heavy atom. The summed E-state index contributed by atoms with van der Waals surface area (Å²) in [6, 6.07) is 7.34. The normalized spacial score (nSPS) is 10.1. The second-order valence-corrected chi connectivity index (χ2v) is 5.08. The molecule has 2 N–H and O–H groups in total. The van der Waals surface area contributed by atoms with Gasteiger partial charge in [-0.3, -0.25) is 4.79 Å². The average Bonchev–Trinajstić information content (AvgIpc) is 2.42. The van der Waals surface area contributed by atoms with Crippen molar-refractivity contribution in [2.75, 3.05) is 5.32 Å². The van der Waals surface area contributed by atoms with Crippen molar-refractivity contribution in [3.63, 3.8) is 0 Å². The quantitative estimate of drug-likeness (QED) is 0.884. The zero-order chi connectivity index (χ0) is 14.7. The van der Waals surface area contributed by atoms with Gasteiger partial charge >= 0.3 is 5.97 Å². The molecule has 0 fully saturated rings. The minimum atomic E-state index is -1.09. The number of hydrogen-bond acceptors (Lipinski definition) is 3. The minimum absolute atomic E-state index is 0.0487. The van der Waals surface area contributed by atoms with Crippen LogP contribution in [0.5, 0.6) is 0 Å². The lowest BCUT2D eigenvalue weighted by atomic mass is 10.2. The Morgan fingerprint density at radius 1 is 1.20 bits per heavy atom. The Labute approximate surface area is 127 Å². The van der Waals surface area contributed by atoms with Crippen LogP contribution in [0.4, 0.5) is 5.82 Å². The summed E-state index contributed by atoms with van der Waals surface area (Å²) >= 11 is 9.07. The number of nitrogens with one attached hydrogen (secondary N) is 1. The molecule has 2 aromatic rings. The van der Waals surface area contributed by atoms with E-state index in [4.69, 9.17) is 16.7 Å². The summed E-state index contributed by atoms with van der Waals surface area (Å²) in [5.74, 6) is -1.32. The van der Waals surface area contributed by atoms with E-state index in [9.17, 15) is 9.59 Å². The molecule has 0 saturated carbocycles. The highest BCUT2D eigenvalue weighted by atomic mass is 79.9. The van der Waals surface area contributed by atoms with E-state index in [0.29, 0.717) is 15.1 Å². The van der Waals surface area contributed by atoms with E-state index in [1.54, 1.807) is 18.2 Å². The van der Waals surface area contributed by atoms with Gasteiger partial charge in [0.2, 0.25) is 0 Å². The van der Waals surface area contributed by atoms with Crippen molar-refractivity contribution in [3.8, 4) is 0 Å². The Kier molecular flexibility index (Phi) is 4.36. The van der Waals surface area contributed by atoms with Gasteiger partial charge in [-0.2, -0.15) is 0 Å². The number of carbonyl (C=O) groups excluding carboxylic acids is 1. The van der Waals surface area contributed by atoms with Crippen LogP contribution in [0.15, 0.2) is 41.0 Å². The molecule has 5 nitrogen and oxygen atoms in total. The van der Waals surface area contributed by atoms with E-state index in [2.05, 4.69) is 26.2 Å². The maximum Gasteiger partial charge on any atom is 0.335 e. The maximum atomic E-state index is 12.0. The summed E-state index contributed by atoms with van der Waals surface area (Å²) in [5, 5.41) is 11.9. The van der Waals surface area contributed by atoms with Crippen molar-refractivity contribution in [2.24, 2.45) is 0 Å². The summed E-state index contributed by atoms with van der Waals surface area (Å²) in [6.45, 7) is 0. The predicted molar refractivity (Wildman–Crippen MR) is 78.3 cm³/mol. The maximum absolute atomic E-state index is 12.0. The number of carboxylic acid groups (broad SMARTS) is 1. The number of nitrogens with zero attached hydrogens (tertiary/aromatic N) is 1. The van der Waals surface area contributed by atoms with Gasteiger partial charge in [0.15, 0.2) is 0 Å². The summed E-state index contributed by atoms with van der Waals surface area (Å²) < 4.78 is 0.596. The van der Waals surface area contributed by atoms with Crippen LogP contribution in [0.2, 0.25) is 5.02 Å². The highest BCUT2D eigenvalue weighted by Crippen LogP contribution is 2.23. The molecular weight excluding hydrogens is 348 g/mol. The molecule has 1 heterocycles. The molecule has 0 bridgehead atoms. The molecule has 20 heavy (non-hydrogen) atoms. The van der Waals surface area contributed by atoms with Crippen LogP contribution in [-0.2, 0) is 0 Å². The SMILES string of the molecule is O=C(O)c1ccnc(NC(=O)c2ccc(Cl)c(Br)c2)c1. The largest absolute Gasteiger partial charge is 0.478 e. The molecule has 0 saturated heterocycles. The molecular formula is C13H8BrClN2O3. The van der Waals surface area contributed by atoms with Gasteiger partial charge in [-0.05, 0) is 46.3 Å². The third kappa shape index (κ3) is 3.34. The highest BCUT2D eigenvalue weighted by Gasteiger charge is 2.10. The number of rotatable bonds is 3. The second-order valence-electron chi connectivity index (χ2n) is 3.82. The number of halogens is 2. The van der Waals surface area contributed by atoms with Crippen molar-refractivity contribution in [1.82, 2.24) is 4.98 Å². The van der Waals surface area contributed by atoms with Gasteiger partial charge in [0.1, 0.15) is 5.82 Å². The van der Waals surface area contributed by atoms with E-state index in [-0.39, 0.29) is 11.4 Å². The molecule has 0 aliphatic heterocycles. The van der Waals surface area contributed by atoms with Crippen molar-refractivity contribution in [1.29, 1.82) is 0 Å². The average molecular weight is 356 g/mol. The van der Waals surface area contributed by atoms with Gasteiger partial charge in [0.05, 0.1) is 10.6 Å². The van der Waals surface area contributed by atoms with Crippen LogP contribution in [0.25, 0.3) is 0 Å². The lowest BCUT2D eigenvalue weighted by Gasteiger charge is -2.06. The number of aromatic carboxylic acids is 1. The molecule has 0 unspecified atom stereocenters. The molecule has 0 radical (unpaired) electrons. The number of aromatic nitrogens is 1. The van der Waals surface area contributed by atoms with Crippen LogP contribution >= 0.6 is 27.5 Å². The monoisotopic (exact) mass is 354 g/mol. The van der Waals surface area contributed by atoms with E-state index < -0.39 is 11.9 Å². The highest BCUT2D eigenvalue weighted by molar-refractivity contribution is 9.10. The van der Waals surface area contributed by atoms with E-state index in [0.717, 1.165) is 0 Å². The lowest BCUT2D eigenvalue weighted by Crippen LogP contribution is -2.13. The van der Waals surface area contributed by atoms with E-state index in [1.807, 2.05) is 0 Å². The van der Waals surface area contributed by atoms with Crippen LogP contribution in [0, 0.1) is 0 Å². The molecule has 102 valence electrons. The van der Waals surface area contributed by atoms with Gasteiger partial charge in [0.25, 0.3) is 5.91 Å². The molecule has 1 amide bonds. The zero-order valence-electron chi connectivity index (χ0n) is 9.93. The first-order chi connectivity index (χ1) is 9.47. The molecule has 0 aliphatic rings. The topological polar surface area (TPSA) is 79.3 Å². The first-order valence-electron chi connectivity index (χ1n) is 5.43. The predicted octanol–water partition coefficient (Wildman–Crippen LogP) is 3.45. The van der Waals surface area contributed by atoms with Crippen LogP contribution in [-0.4, -0.2) is 22.0 Å². The fraction of sp³-hybridized carbons (Fsp3) is 0. The van der Waals surface area contributed by atoms with Crippen LogP contribution in [0.3, 0.4) is 0 Å². The van der Waals surface area contributed by atoms with Crippen molar-refractivity contribution < 1.29 is 14.7 Å². The minimum Gasteiger partial charge on any atom is -0.478 e. The van der Waals surface area contributed by atoms with E-state index >= 15 is 0 Å². The van der Waals surface area contributed by atoms with Gasteiger partial charge < -0.3 is 10.4 Å². The summed E-state index contributed by atoms with van der Waals surface area (Å²) in [6.07, 6.45) is 1.32. The zero-order valence-corrected chi connectivity index (χ0v) is 12.3. The van der Waals surface area contributed by atoms with Crippen molar-refractivity contribution in [3.05, 3.63) is 57.2 Å². The van der Waals surface area contributed by atoms with Crippen molar-refractivity contribution in [2.45, 2.75) is 0 Å². The van der Waals surface area contributed by atoms with Crippen LogP contribution < -0.4 is 5.32 Å². The fourth-order valence-corrected chi connectivity index (χ4v) is 1.95. The number of benzene rings is 1. The smallest absolute Gasteiger partial charge is 0.335 e. The first-order valence-corrected chi connectivity index (χ1v) is 6.60. The second kappa shape index (κ2) is 6.02. The molecule has 2 rings (SSSR count). The Morgan fingerprint density at radius 2 is 1.95 bits per heavy atom. The van der Waals surface area contributed by atoms with E-state index in [1.165, 1.54) is 18.3 Å². The third-order valence-electron chi connectivity index (χ3n) is 2.43. The fourth-order valence-electron chi connectivity index (χ4n) is 1.46. The summed E-state index contributed by atoms with van der Waals surface area (Å²) in [5.41, 5.74) is 0.427. The Bertz CT molecular complexity index is 691. The van der Waals surface area contributed by atoms with Gasteiger partial charge in [-0.25, -0.2) is 9.78 Å². The third-order valence-corrected chi connectivity index (χ3v) is 3.64. The Hall–Kier alpha value is -1.92. The van der Waals surface area contributed by atoms with Gasteiger partial charge in [-0.1, -0.05) is 11.6 Å². The first kappa shape index (κ1) is 14.5. The standard InChI is InChI=1S/C13H8BrClN2O3/c14-9-5-7(1-2-10(9)15)12(18)17-11-6-8(13(19)20)3-4-16-11/h1-6H,(H,19,20)(H,16,17,18). The summed E-state index contributed by atoms with van der Waals surface area (Å²) in [7, 11) is 0. The number of anilines is 1. The van der Waals surface area contributed by atoms with Crippen LogP contribution in [0.1, 0.15) is 20.7 Å². The summed E-state index contributed by atoms with van der Waals surface area (Å²) in [4.78, 5) is 26.7.